The lowest BCUT2D eigenvalue weighted by Crippen LogP contribution is -2.49. The molecular weight excluding hydrogens is 362 g/mol. The SMILES string of the molecule is O=C(CN1CCN(Cc2nc(-c3ccsc3)no2)CC1)N1CCCCCC1. The molecule has 0 atom stereocenters. The second-order valence-corrected chi connectivity index (χ2v) is 8.15. The molecule has 2 aliphatic heterocycles. The van der Waals surface area contributed by atoms with Gasteiger partial charge in [0.05, 0.1) is 13.1 Å². The maximum atomic E-state index is 12.5. The Labute approximate surface area is 163 Å². The zero-order chi connectivity index (χ0) is 18.5. The maximum absolute atomic E-state index is 12.5. The van der Waals surface area contributed by atoms with Crippen LogP contribution in [0.25, 0.3) is 11.4 Å². The molecule has 2 aliphatic rings. The molecule has 0 radical (unpaired) electrons. The lowest BCUT2D eigenvalue weighted by atomic mass is 10.2. The van der Waals surface area contributed by atoms with E-state index in [1.807, 2.05) is 16.8 Å². The molecule has 0 unspecified atom stereocenters. The molecule has 1 amide bonds. The molecule has 0 saturated carbocycles. The Morgan fingerprint density at radius 3 is 2.48 bits per heavy atom. The Morgan fingerprint density at radius 2 is 1.78 bits per heavy atom. The maximum Gasteiger partial charge on any atom is 0.241 e. The van der Waals surface area contributed by atoms with E-state index in [4.69, 9.17) is 4.52 Å². The summed E-state index contributed by atoms with van der Waals surface area (Å²) in [4.78, 5) is 23.7. The van der Waals surface area contributed by atoms with Gasteiger partial charge in [0.15, 0.2) is 0 Å². The summed E-state index contributed by atoms with van der Waals surface area (Å²) in [5.74, 6) is 1.61. The molecule has 0 bridgehead atoms. The molecule has 0 spiro atoms. The Kier molecular flexibility index (Phi) is 6.16. The lowest BCUT2D eigenvalue weighted by molar-refractivity contribution is -0.132. The van der Waals surface area contributed by atoms with Gasteiger partial charge in [-0.05, 0) is 24.3 Å². The molecular formula is C19H27N5O2S. The number of piperazine rings is 1. The number of hydrogen-bond acceptors (Lipinski definition) is 7. The van der Waals surface area contributed by atoms with Crippen molar-refractivity contribution in [3.63, 3.8) is 0 Å². The predicted molar refractivity (Wildman–Crippen MR) is 104 cm³/mol. The van der Waals surface area contributed by atoms with Crippen LogP contribution in [-0.2, 0) is 11.3 Å². The monoisotopic (exact) mass is 389 g/mol. The van der Waals surface area contributed by atoms with E-state index in [-0.39, 0.29) is 0 Å². The van der Waals surface area contributed by atoms with Gasteiger partial charge in [0, 0.05) is 50.2 Å². The topological polar surface area (TPSA) is 65.7 Å². The first-order valence-corrected chi connectivity index (χ1v) is 10.8. The van der Waals surface area contributed by atoms with Crippen molar-refractivity contribution in [2.24, 2.45) is 0 Å². The molecule has 0 aliphatic carbocycles. The normalized spacial score (nSPS) is 19.9. The molecule has 2 aromatic heterocycles. The van der Waals surface area contributed by atoms with Crippen LogP contribution < -0.4 is 0 Å². The molecule has 0 aromatic carbocycles. The van der Waals surface area contributed by atoms with Crippen LogP contribution in [0.3, 0.4) is 0 Å². The summed E-state index contributed by atoms with van der Waals surface area (Å²) in [7, 11) is 0. The van der Waals surface area contributed by atoms with Gasteiger partial charge in [-0.3, -0.25) is 14.6 Å². The van der Waals surface area contributed by atoms with E-state index in [9.17, 15) is 4.79 Å². The number of carbonyl (C=O) groups is 1. The number of hydrogen-bond donors (Lipinski definition) is 0. The van der Waals surface area contributed by atoms with Gasteiger partial charge in [0.25, 0.3) is 0 Å². The highest BCUT2D eigenvalue weighted by atomic mass is 32.1. The largest absolute Gasteiger partial charge is 0.342 e. The minimum Gasteiger partial charge on any atom is -0.342 e. The van der Waals surface area contributed by atoms with E-state index in [0.717, 1.165) is 57.7 Å². The second kappa shape index (κ2) is 8.95. The second-order valence-electron chi connectivity index (χ2n) is 7.37. The number of aromatic nitrogens is 2. The smallest absolute Gasteiger partial charge is 0.241 e. The van der Waals surface area contributed by atoms with E-state index >= 15 is 0 Å². The van der Waals surface area contributed by atoms with Gasteiger partial charge in [0.1, 0.15) is 0 Å². The summed E-state index contributed by atoms with van der Waals surface area (Å²) < 4.78 is 5.40. The Bertz CT molecular complexity index is 716. The number of likely N-dealkylation sites (tertiary alicyclic amines) is 1. The van der Waals surface area contributed by atoms with Crippen LogP contribution in [0.5, 0.6) is 0 Å². The molecule has 7 nitrogen and oxygen atoms in total. The van der Waals surface area contributed by atoms with Crippen molar-refractivity contribution in [1.82, 2.24) is 24.8 Å². The average Bonchev–Trinajstić information content (AvgIpc) is 3.29. The molecule has 2 aromatic rings. The van der Waals surface area contributed by atoms with Gasteiger partial charge in [-0.1, -0.05) is 18.0 Å². The van der Waals surface area contributed by atoms with E-state index in [0.29, 0.717) is 30.7 Å². The van der Waals surface area contributed by atoms with E-state index in [1.54, 1.807) is 11.3 Å². The fourth-order valence-electron chi connectivity index (χ4n) is 3.74. The summed E-state index contributed by atoms with van der Waals surface area (Å²) in [5.41, 5.74) is 1.01. The lowest BCUT2D eigenvalue weighted by Gasteiger charge is -2.34. The van der Waals surface area contributed by atoms with E-state index in [2.05, 4.69) is 24.8 Å². The number of nitrogens with zero attached hydrogens (tertiary/aromatic N) is 5. The molecule has 4 heterocycles. The van der Waals surface area contributed by atoms with E-state index < -0.39 is 0 Å². The quantitative estimate of drug-likeness (QED) is 0.782. The standard InChI is InChI=1S/C19H27N5O2S/c25-18(24-6-3-1-2-4-7-24)14-23-10-8-22(9-11-23)13-17-20-19(21-26-17)16-5-12-27-15-16/h5,12,15H,1-4,6-11,13-14H2. The molecule has 2 fully saturated rings. The molecule has 4 rings (SSSR count). The van der Waals surface area contributed by atoms with Gasteiger partial charge >= 0.3 is 0 Å². The fraction of sp³-hybridized carbons (Fsp3) is 0.632. The van der Waals surface area contributed by atoms with Crippen molar-refractivity contribution in [1.29, 1.82) is 0 Å². The number of amides is 1. The number of rotatable bonds is 5. The summed E-state index contributed by atoms with van der Waals surface area (Å²) in [6.45, 7) is 6.75. The van der Waals surface area contributed by atoms with Gasteiger partial charge in [-0.2, -0.15) is 16.3 Å². The fourth-order valence-corrected chi connectivity index (χ4v) is 4.37. The van der Waals surface area contributed by atoms with Crippen LogP contribution in [0.1, 0.15) is 31.6 Å². The zero-order valence-corrected chi connectivity index (χ0v) is 16.5. The minimum absolute atomic E-state index is 0.294. The van der Waals surface area contributed by atoms with Crippen molar-refractivity contribution >= 4 is 17.2 Å². The molecule has 0 N–H and O–H groups in total. The third kappa shape index (κ3) is 4.94. The molecule has 27 heavy (non-hydrogen) atoms. The van der Waals surface area contributed by atoms with Crippen LogP contribution in [-0.4, -0.2) is 76.6 Å². The number of thiophene rings is 1. The minimum atomic E-state index is 0.294. The molecule has 8 heteroatoms. The van der Waals surface area contributed by atoms with Gasteiger partial charge < -0.3 is 9.42 Å². The Hall–Kier alpha value is -1.77. The summed E-state index contributed by atoms with van der Waals surface area (Å²) in [5, 5.41) is 8.11. The van der Waals surface area contributed by atoms with Gasteiger partial charge in [-0.15, -0.1) is 0 Å². The third-order valence-electron chi connectivity index (χ3n) is 5.39. The van der Waals surface area contributed by atoms with Crippen LogP contribution in [0.15, 0.2) is 21.3 Å². The van der Waals surface area contributed by atoms with Crippen molar-refractivity contribution in [3.05, 3.63) is 22.7 Å². The zero-order valence-electron chi connectivity index (χ0n) is 15.7. The Morgan fingerprint density at radius 1 is 1.04 bits per heavy atom. The predicted octanol–water partition coefficient (Wildman–Crippen LogP) is 2.32. The molecule has 2 saturated heterocycles. The number of carbonyl (C=O) groups excluding carboxylic acids is 1. The first-order chi connectivity index (χ1) is 13.3. The first-order valence-electron chi connectivity index (χ1n) is 9.85. The third-order valence-corrected chi connectivity index (χ3v) is 6.07. The van der Waals surface area contributed by atoms with Gasteiger partial charge in [0.2, 0.25) is 17.6 Å². The van der Waals surface area contributed by atoms with Crippen LogP contribution in [0, 0.1) is 0 Å². The van der Waals surface area contributed by atoms with Crippen molar-refractivity contribution < 1.29 is 9.32 Å². The van der Waals surface area contributed by atoms with Crippen LogP contribution >= 0.6 is 11.3 Å². The summed E-state index contributed by atoms with van der Waals surface area (Å²) in [6, 6.07) is 2.00. The summed E-state index contributed by atoms with van der Waals surface area (Å²) in [6.07, 6.45) is 4.81. The van der Waals surface area contributed by atoms with Crippen LogP contribution in [0.4, 0.5) is 0 Å². The van der Waals surface area contributed by atoms with Gasteiger partial charge in [-0.25, -0.2) is 0 Å². The highest BCUT2D eigenvalue weighted by molar-refractivity contribution is 7.08. The summed E-state index contributed by atoms with van der Waals surface area (Å²) >= 11 is 1.63. The van der Waals surface area contributed by atoms with Crippen molar-refractivity contribution in [2.45, 2.75) is 32.2 Å². The molecule has 146 valence electrons. The van der Waals surface area contributed by atoms with E-state index in [1.165, 1.54) is 12.8 Å². The van der Waals surface area contributed by atoms with Crippen LogP contribution in [0.2, 0.25) is 0 Å². The highest BCUT2D eigenvalue weighted by Crippen LogP contribution is 2.19. The van der Waals surface area contributed by atoms with Crippen molar-refractivity contribution in [2.75, 3.05) is 45.8 Å². The average molecular weight is 390 g/mol. The Balaban J connectivity index is 1.22. The first kappa shape index (κ1) is 18.6. The van der Waals surface area contributed by atoms with Crippen molar-refractivity contribution in [3.8, 4) is 11.4 Å². The highest BCUT2D eigenvalue weighted by Gasteiger charge is 2.23.